The summed E-state index contributed by atoms with van der Waals surface area (Å²) in [4.78, 5) is 2.61. The highest BCUT2D eigenvalue weighted by atomic mass is 16.3. The van der Waals surface area contributed by atoms with Gasteiger partial charge >= 0.3 is 0 Å². The van der Waals surface area contributed by atoms with Gasteiger partial charge in [-0.15, -0.1) is 0 Å². The van der Waals surface area contributed by atoms with Crippen molar-refractivity contribution in [3.63, 3.8) is 0 Å². The topological polar surface area (TPSA) is 23.5 Å². The van der Waals surface area contributed by atoms with E-state index in [9.17, 15) is 5.11 Å². The quantitative estimate of drug-likeness (QED) is 0.669. The van der Waals surface area contributed by atoms with Crippen LogP contribution in [0.25, 0.3) is 0 Å². The summed E-state index contributed by atoms with van der Waals surface area (Å²) in [6, 6.07) is 1.94. The molecule has 0 aromatic carbocycles. The van der Waals surface area contributed by atoms with E-state index in [0.717, 1.165) is 12.8 Å². The molecule has 0 aliphatic carbocycles. The Balaban J connectivity index is 2.13. The molecule has 13 heavy (non-hydrogen) atoms. The molecule has 2 atom stereocenters. The van der Waals surface area contributed by atoms with E-state index < -0.39 is 5.60 Å². The first-order chi connectivity index (χ1) is 5.99. The lowest BCUT2D eigenvalue weighted by molar-refractivity contribution is -0.0480. The Kier molecular flexibility index (Phi) is 2.16. The summed E-state index contributed by atoms with van der Waals surface area (Å²) >= 11 is 0. The maximum atomic E-state index is 10.0. The Hall–Kier alpha value is -0.0800. The average molecular weight is 183 g/mol. The molecule has 1 N–H and O–H groups in total. The fourth-order valence-corrected chi connectivity index (χ4v) is 3.34. The highest BCUT2D eigenvalue weighted by Crippen LogP contribution is 2.41. The van der Waals surface area contributed by atoms with Crippen molar-refractivity contribution < 1.29 is 5.11 Å². The Labute approximate surface area is 80.9 Å². The predicted molar refractivity (Wildman–Crippen MR) is 53.6 cm³/mol. The lowest BCUT2D eigenvalue weighted by atomic mass is 9.87. The van der Waals surface area contributed by atoms with Gasteiger partial charge in [-0.25, -0.2) is 0 Å². The van der Waals surface area contributed by atoms with Gasteiger partial charge in [-0.1, -0.05) is 0 Å². The molecule has 0 radical (unpaired) electrons. The fourth-order valence-electron chi connectivity index (χ4n) is 3.34. The molecule has 2 bridgehead atoms. The molecule has 0 unspecified atom stereocenters. The molecule has 0 aromatic heterocycles. The van der Waals surface area contributed by atoms with Gasteiger partial charge in [0.05, 0.1) is 5.60 Å². The largest absolute Gasteiger partial charge is 0.390 e. The van der Waals surface area contributed by atoms with E-state index in [4.69, 9.17) is 0 Å². The maximum Gasteiger partial charge on any atom is 0.0649 e. The van der Waals surface area contributed by atoms with Gasteiger partial charge in [0.2, 0.25) is 0 Å². The highest BCUT2D eigenvalue weighted by Gasteiger charge is 2.45. The third-order valence-corrected chi connectivity index (χ3v) is 3.62. The zero-order chi connectivity index (χ0) is 9.64. The van der Waals surface area contributed by atoms with Crippen LogP contribution in [0.4, 0.5) is 0 Å². The van der Waals surface area contributed by atoms with E-state index >= 15 is 0 Å². The monoisotopic (exact) mass is 183 g/mol. The van der Waals surface area contributed by atoms with E-state index in [1.807, 2.05) is 6.92 Å². The van der Waals surface area contributed by atoms with Gasteiger partial charge in [0, 0.05) is 18.1 Å². The first-order valence-corrected chi connectivity index (χ1v) is 5.49. The SMILES string of the molecule is CC(C)N1[C@@H]2CC[C@@H]1CC(C)(O)C2. The van der Waals surface area contributed by atoms with Gasteiger partial charge < -0.3 is 5.11 Å². The van der Waals surface area contributed by atoms with Crippen LogP contribution < -0.4 is 0 Å². The van der Waals surface area contributed by atoms with E-state index in [2.05, 4.69) is 18.7 Å². The summed E-state index contributed by atoms with van der Waals surface area (Å²) in [7, 11) is 0. The van der Waals surface area contributed by atoms with Crippen molar-refractivity contribution in [3.05, 3.63) is 0 Å². The standard InChI is InChI=1S/C11H21NO/c1-8(2)12-9-4-5-10(12)7-11(3,13)6-9/h8-10,13H,4-7H2,1-3H3/t9-,10-/m1/s1. The molecule has 2 nitrogen and oxygen atoms in total. The molecular formula is C11H21NO. The van der Waals surface area contributed by atoms with Crippen LogP contribution in [0.15, 0.2) is 0 Å². The Morgan fingerprint density at radius 1 is 1.23 bits per heavy atom. The smallest absolute Gasteiger partial charge is 0.0649 e. The van der Waals surface area contributed by atoms with E-state index in [1.54, 1.807) is 0 Å². The molecule has 0 saturated carbocycles. The van der Waals surface area contributed by atoms with E-state index in [0.29, 0.717) is 18.1 Å². The number of nitrogens with zero attached hydrogens (tertiary/aromatic N) is 1. The molecule has 0 amide bonds. The summed E-state index contributed by atoms with van der Waals surface area (Å²) < 4.78 is 0. The number of hydrogen-bond donors (Lipinski definition) is 1. The lowest BCUT2D eigenvalue weighted by Gasteiger charge is -2.44. The number of aliphatic hydroxyl groups is 1. The second-order valence-electron chi connectivity index (χ2n) is 5.33. The van der Waals surface area contributed by atoms with Crippen LogP contribution >= 0.6 is 0 Å². The second-order valence-corrected chi connectivity index (χ2v) is 5.33. The van der Waals surface area contributed by atoms with E-state index in [-0.39, 0.29) is 0 Å². The maximum absolute atomic E-state index is 10.0. The predicted octanol–water partition coefficient (Wildman–Crippen LogP) is 1.77. The molecule has 2 heteroatoms. The van der Waals surface area contributed by atoms with Crippen LogP contribution in [0.5, 0.6) is 0 Å². The van der Waals surface area contributed by atoms with Crippen LogP contribution in [0.1, 0.15) is 46.5 Å². The minimum absolute atomic E-state index is 0.392. The third-order valence-electron chi connectivity index (χ3n) is 3.62. The summed E-state index contributed by atoms with van der Waals surface area (Å²) in [5.74, 6) is 0. The normalized spacial score (nSPS) is 45.9. The van der Waals surface area contributed by atoms with Gasteiger partial charge in [-0.05, 0) is 46.5 Å². The molecule has 2 heterocycles. The van der Waals surface area contributed by atoms with Crippen LogP contribution in [0, 0.1) is 0 Å². The van der Waals surface area contributed by atoms with Crippen LogP contribution in [-0.4, -0.2) is 33.7 Å². The first-order valence-electron chi connectivity index (χ1n) is 5.49. The van der Waals surface area contributed by atoms with Crippen LogP contribution in [-0.2, 0) is 0 Å². The van der Waals surface area contributed by atoms with Crippen molar-refractivity contribution in [2.45, 2.75) is 70.2 Å². The molecule has 2 fully saturated rings. The third kappa shape index (κ3) is 1.62. The molecular weight excluding hydrogens is 162 g/mol. The summed E-state index contributed by atoms with van der Waals surface area (Å²) in [5.41, 5.74) is -0.392. The van der Waals surface area contributed by atoms with E-state index in [1.165, 1.54) is 12.8 Å². The molecule has 2 rings (SSSR count). The number of piperidine rings is 1. The van der Waals surface area contributed by atoms with Gasteiger partial charge in [-0.3, -0.25) is 4.90 Å². The van der Waals surface area contributed by atoms with Gasteiger partial charge in [-0.2, -0.15) is 0 Å². The van der Waals surface area contributed by atoms with Crippen LogP contribution in [0.2, 0.25) is 0 Å². The van der Waals surface area contributed by atoms with Crippen LogP contribution in [0.3, 0.4) is 0 Å². The van der Waals surface area contributed by atoms with Gasteiger partial charge in [0.25, 0.3) is 0 Å². The lowest BCUT2D eigenvalue weighted by Crippen LogP contribution is -2.52. The Bertz CT molecular complexity index is 184. The fraction of sp³-hybridized carbons (Fsp3) is 1.00. The minimum atomic E-state index is -0.392. The van der Waals surface area contributed by atoms with Crippen molar-refractivity contribution in [2.24, 2.45) is 0 Å². The first kappa shape index (κ1) is 9.47. The molecule has 76 valence electrons. The molecule has 2 aliphatic heterocycles. The summed E-state index contributed by atoms with van der Waals surface area (Å²) in [6.07, 6.45) is 4.53. The van der Waals surface area contributed by atoms with Gasteiger partial charge in [0.15, 0.2) is 0 Å². The Morgan fingerprint density at radius 2 is 1.69 bits per heavy atom. The van der Waals surface area contributed by atoms with Crippen molar-refractivity contribution in [2.75, 3.05) is 0 Å². The highest BCUT2D eigenvalue weighted by molar-refractivity contribution is 5.01. The summed E-state index contributed by atoms with van der Waals surface area (Å²) in [5, 5.41) is 10.0. The number of fused-ring (bicyclic) bond motifs is 2. The molecule has 0 aromatic rings. The zero-order valence-corrected chi connectivity index (χ0v) is 8.95. The molecule has 2 aliphatic rings. The van der Waals surface area contributed by atoms with Crippen molar-refractivity contribution in [1.29, 1.82) is 0 Å². The number of hydrogen-bond acceptors (Lipinski definition) is 2. The zero-order valence-electron chi connectivity index (χ0n) is 8.95. The Morgan fingerprint density at radius 3 is 2.08 bits per heavy atom. The van der Waals surface area contributed by atoms with Crippen molar-refractivity contribution >= 4 is 0 Å². The molecule has 2 saturated heterocycles. The summed E-state index contributed by atoms with van der Waals surface area (Å²) in [6.45, 7) is 6.53. The molecule has 0 spiro atoms. The minimum Gasteiger partial charge on any atom is -0.390 e. The van der Waals surface area contributed by atoms with Crippen molar-refractivity contribution in [3.8, 4) is 0 Å². The van der Waals surface area contributed by atoms with Crippen molar-refractivity contribution in [1.82, 2.24) is 4.90 Å². The average Bonchev–Trinajstić information content (AvgIpc) is 2.23. The number of rotatable bonds is 1. The second kappa shape index (κ2) is 2.96. The van der Waals surface area contributed by atoms with Gasteiger partial charge in [0.1, 0.15) is 0 Å².